The average Bonchev–Trinajstić information content (AvgIpc) is 3.17. The summed E-state index contributed by atoms with van der Waals surface area (Å²) in [6, 6.07) is 15.3. The number of carbonyl (C=O) groups excluding carboxylic acids is 2. The molecule has 2 aromatic heterocycles. The zero-order chi connectivity index (χ0) is 23.5. The van der Waals surface area contributed by atoms with Crippen LogP contribution in [0.4, 0.5) is 11.4 Å². The normalized spacial score (nSPS) is 11.7. The van der Waals surface area contributed by atoms with Crippen molar-refractivity contribution in [3.8, 4) is 5.75 Å². The summed E-state index contributed by atoms with van der Waals surface area (Å²) in [4.78, 5) is 44.1. The minimum atomic E-state index is -0.833. The van der Waals surface area contributed by atoms with Gasteiger partial charge in [0.1, 0.15) is 16.6 Å². The van der Waals surface area contributed by atoms with Gasteiger partial charge in [0.05, 0.1) is 29.4 Å². The maximum absolute atomic E-state index is 13.3. The Labute approximate surface area is 193 Å². The number of nitrogens with zero attached hydrogens (tertiary/aromatic N) is 2. The van der Waals surface area contributed by atoms with Gasteiger partial charge in [-0.2, -0.15) is 0 Å². The Bertz CT molecular complexity index is 1390. The van der Waals surface area contributed by atoms with Crippen LogP contribution >= 0.6 is 11.3 Å². The van der Waals surface area contributed by atoms with E-state index in [1.54, 1.807) is 50.2 Å². The molecule has 4 aromatic rings. The molecule has 0 radical (unpaired) electrons. The van der Waals surface area contributed by atoms with Crippen molar-refractivity contribution >= 4 is 44.7 Å². The maximum atomic E-state index is 13.3. The molecule has 33 heavy (non-hydrogen) atoms. The first kappa shape index (κ1) is 22.2. The van der Waals surface area contributed by atoms with Crippen LogP contribution < -0.4 is 20.9 Å². The van der Waals surface area contributed by atoms with Gasteiger partial charge in [-0.3, -0.25) is 19.0 Å². The number of amides is 2. The number of hydrogen-bond acceptors (Lipinski definition) is 6. The van der Waals surface area contributed by atoms with Gasteiger partial charge in [0.25, 0.3) is 11.5 Å². The van der Waals surface area contributed by atoms with Crippen molar-refractivity contribution in [3.63, 3.8) is 0 Å². The third-order valence-electron chi connectivity index (χ3n) is 5.28. The van der Waals surface area contributed by atoms with Gasteiger partial charge in [-0.1, -0.05) is 30.3 Å². The first-order chi connectivity index (χ1) is 15.9. The highest BCUT2D eigenvalue weighted by Gasteiger charge is 2.23. The quantitative estimate of drug-likeness (QED) is 0.447. The highest BCUT2D eigenvalue weighted by Crippen LogP contribution is 2.28. The minimum Gasteiger partial charge on any atom is -0.495 e. The standard InChI is InChI=1S/C24H22N4O4S/c1-14-19-23(33-20(14)22(30)26-16-9-5-4-6-10-16)25-13-28(24(19)31)15(2)21(29)27-17-11-7-8-12-18(17)32-3/h4-13,15H,1-3H3,(H,26,30)(H,27,29). The molecule has 2 heterocycles. The number of rotatable bonds is 6. The second-order valence-electron chi connectivity index (χ2n) is 7.38. The third-order valence-corrected chi connectivity index (χ3v) is 6.47. The summed E-state index contributed by atoms with van der Waals surface area (Å²) in [6.07, 6.45) is 1.34. The number of benzene rings is 2. The number of ether oxygens (including phenoxy) is 1. The first-order valence-electron chi connectivity index (χ1n) is 10.2. The lowest BCUT2D eigenvalue weighted by Crippen LogP contribution is -2.31. The zero-order valence-corrected chi connectivity index (χ0v) is 19.1. The summed E-state index contributed by atoms with van der Waals surface area (Å²) in [5.41, 5.74) is 1.32. The lowest BCUT2D eigenvalue weighted by Gasteiger charge is -2.16. The molecule has 0 saturated heterocycles. The van der Waals surface area contributed by atoms with E-state index in [0.717, 1.165) is 11.3 Å². The Hall–Kier alpha value is -3.98. The SMILES string of the molecule is COc1ccccc1NC(=O)C(C)n1cnc2sc(C(=O)Nc3ccccc3)c(C)c2c1=O. The minimum absolute atomic E-state index is 0.311. The highest BCUT2D eigenvalue weighted by molar-refractivity contribution is 7.20. The molecule has 0 spiro atoms. The van der Waals surface area contributed by atoms with Crippen LogP contribution in [-0.4, -0.2) is 28.5 Å². The Morgan fingerprint density at radius 2 is 1.76 bits per heavy atom. The van der Waals surface area contributed by atoms with E-state index < -0.39 is 11.9 Å². The van der Waals surface area contributed by atoms with Gasteiger partial charge >= 0.3 is 0 Å². The number of aryl methyl sites for hydroxylation is 1. The van der Waals surface area contributed by atoms with Crippen LogP contribution in [0.1, 0.15) is 28.2 Å². The number of anilines is 2. The molecule has 0 aliphatic rings. The Morgan fingerprint density at radius 3 is 2.48 bits per heavy atom. The monoisotopic (exact) mass is 462 g/mol. The van der Waals surface area contributed by atoms with Gasteiger partial charge < -0.3 is 15.4 Å². The molecule has 8 nitrogen and oxygen atoms in total. The molecule has 0 fully saturated rings. The van der Waals surface area contributed by atoms with E-state index in [9.17, 15) is 14.4 Å². The lowest BCUT2D eigenvalue weighted by atomic mass is 10.2. The summed E-state index contributed by atoms with van der Waals surface area (Å²) in [6.45, 7) is 3.33. The van der Waals surface area contributed by atoms with Crippen molar-refractivity contribution in [1.82, 2.24) is 9.55 Å². The summed E-state index contributed by atoms with van der Waals surface area (Å²) in [5.74, 6) is -0.186. The van der Waals surface area contributed by atoms with Crippen LogP contribution in [0.5, 0.6) is 5.75 Å². The number of methoxy groups -OCH3 is 1. The van der Waals surface area contributed by atoms with Crippen molar-refractivity contribution in [2.24, 2.45) is 0 Å². The van der Waals surface area contributed by atoms with Gasteiger partial charge in [0.2, 0.25) is 5.91 Å². The second kappa shape index (κ2) is 9.25. The van der Waals surface area contributed by atoms with Crippen LogP contribution in [0.2, 0.25) is 0 Å². The number of para-hydroxylation sites is 3. The van der Waals surface area contributed by atoms with Gasteiger partial charge in [-0.25, -0.2) is 4.98 Å². The van der Waals surface area contributed by atoms with Gasteiger partial charge in [0, 0.05) is 5.69 Å². The predicted octanol–water partition coefficient (Wildman–Crippen LogP) is 4.23. The second-order valence-corrected chi connectivity index (χ2v) is 8.38. The lowest BCUT2D eigenvalue weighted by molar-refractivity contribution is -0.118. The van der Waals surface area contributed by atoms with Crippen LogP contribution in [0.25, 0.3) is 10.2 Å². The molecule has 9 heteroatoms. The Kier molecular flexibility index (Phi) is 6.23. The molecule has 2 aromatic carbocycles. The zero-order valence-electron chi connectivity index (χ0n) is 18.3. The fourth-order valence-electron chi connectivity index (χ4n) is 3.45. The van der Waals surface area contributed by atoms with Crippen LogP contribution in [0.15, 0.2) is 65.7 Å². The number of fused-ring (bicyclic) bond motifs is 1. The molecular weight excluding hydrogens is 440 g/mol. The smallest absolute Gasteiger partial charge is 0.266 e. The van der Waals surface area contributed by atoms with Crippen molar-refractivity contribution in [1.29, 1.82) is 0 Å². The van der Waals surface area contributed by atoms with Crippen molar-refractivity contribution < 1.29 is 14.3 Å². The largest absolute Gasteiger partial charge is 0.495 e. The van der Waals surface area contributed by atoms with E-state index in [4.69, 9.17) is 4.74 Å². The molecule has 2 N–H and O–H groups in total. The predicted molar refractivity (Wildman–Crippen MR) is 129 cm³/mol. The molecule has 2 amide bonds. The van der Waals surface area contributed by atoms with Crippen LogP contribution in [0.3, 0.4) is 0 Å². The number of carbonyl (C=O) groups is 2. The van der Waals surface area contributed by atoms with E-state index in [0.29, 0.717) is 37.8 Å². The van der Waals surface area contributed by atoms with Crippen LogP contribution in [0, 0.1) is 6.92 Å². The van der Waals surface area contributed by atoms with Crippen LogP contribution in [-0.2, 0) is 4.79 Å². The highest BCUT2D eigenvalue weighted by atomic mass is 32.1. The molecule has 0 aliphatic heterocycles. The summed E-state index contributed by atoms with van der Waals surface area (Å²) in [5, 5.41) is 5.95. The summed E-state index contributed by atoms with van der Waals surface area (Å²) >= 11 is 1.15. The van der Waals surface area contributed by atoms with E-state index >= 15 is 0 Å². The number of thiophene rings is 1. The van der Waals surface area contributed by atoms with Gasteiger partial charge in [-0.15, -0.1) is 11.3 Å². The molecule has 4 rings (SSSR count). The molecule has 1 atom stereocenters. The fraction of sp³-hybridized carbons (Fsp3) is 0.167. The van der Waals surface area contributed by atoms with Crippen molar-refractivity contribution in [2.45, 2.75) is 19.9 Å². The van der Waals surface area contributed by atoms with E-state index in [2.05, 4.69) is 15.6 Å². The third kappa shape index (κ3) is 4.35. The fourth-order valence-corrected chi connectivity index (χ4v) is 4.48. The molecule has 0 saturated carbocycles. The van der Waals surface area contributed by atoms with Gasteiger partial charge in [-0.05, 0) is 43.7 Å². The Balaban J connectivity index is 1.63. The molecule has 1 unspecified atom stereocenters. The van der Waals surface area contributed by atoms with Crippen molar-refractivity contribution in [3.05, 3.63) is 81.7 Å². The number of aromatic nitrogens is 2. The summed E-state index contributed by atoms with van der Waals surface area (Å²) < 4.78 is 6.53. The van der Waals surface area contributed by atoms with E-state index in [1.807, 2.05) is 18.2 Å². The van der Waals surface area contributed by atoms with E-state index in [-0.39, 0.29) is 11.5 Å². The molecule has 168 valence electrons. The van der Waals surface area contributed by atoms with E-state index in [1.165, 1.54) is 18.0 Å². The number of nitrogens with one attached hydrogen (secondary N) is 2. The number of hydrogen-bond donors (Lipinski definition) is 2. The average molecular weight is 463 g/mol. The molecule has 0 bridgehead atoms. The first-order valence-corrected chi connectivity index (χ1v) is 11.0. The Morgan fingerprint density at radius 1 is 1.06 bits per heavy atom. The molecule has 0 aliphatic carbocycles. The maximum Gasteiger partial charge on any atom is 0.266 e. The molecular formula is C24H22N4O4S. The topological polar surface area (TPSA) is 102 Å². The van der Waals surface area contributed by atoms with Crippen molar-refractivity contribution in [2.75, 3.05) is 17.7 Å². The summed E-state index contributed by atoms with van der Waals surface area (Å²) in [7, 11) is 1.52. The van der Waals surface area contributed by atoms with Gasteiger partial charge in [0.15, 0.2) is 0 Å².